The van der Waals surface area contributed by atoms with E-state index in [4.69, 9.17) is 0 Å². The molecule has 0 aliphatic heterocycles. The lowest BCUT2D eigenvalue weighted by Gasteiger charge is -2.18. The van der Waals surface area contributed by atoms with Crippen molar-refractivity contribution in [3.05, 3.63) is 31.5 Å². The zero-order valence-corrected chi connectivity index (χ0v) is 24.3. The van der Waals surface area contributed by atoms with E-state index in [1.165, 1.54) is 37.7 Å². The smallest absolute Gasteiger partial charge is 0.336 e. The third-order valence-corrected chi connectivity index (χ3v) is 7.37. The minimum absolute atomic E-state index is 0.215. The number of carbonyl (C=O) groups is 2. The Kier molecular flexibility index (Phi) is 18.8. The highest BCUT2D eigenvalue weighted by molar-refractivity contribution is 8.03. The van der Waals surface area contributed by atoms with Gasteiger partial charge >= 0.3 is 29.0 Å². The molecule has 0 aromatic carbocycles. The standard InChI is InChI=1S/C15H27N3O6.C8H14O4S2/c1-4-10(19)7-16-13(22)17(8-11(20)5-2)15(24)18(14(16)23)9-12(21)6-3;1-11-7(9)5-13-3-4-14-6-8(10)12-2/h10-12,19-21H,4-9H2,1-3H3;3-6H2,1-2H3. The van der Waals surface area contributed by atoms with Crippen molar-refractivity contribution in [2.75, 3.05) is 37.2 Å². The number of rotatable bonds is 16. The number of carbonyl (C=O) groups excluding carboxylic acids is 2. The van der Waals surface area contributed by atoms with Crippen molar-refractivity contribution < 1.29 is 34.4 Å². The van der Waals surface area contributed by atoms with Gasteiger partial charge in [-0.1, -0.05) is 20.8 Å². The van der Waals surface area contributed by atoms with Crippen LogP contribution in [0.1, 0.15) is 40.0 Å². The Morgan fingerprint density at radius 1 is 0.658 bits per heavy atom. The van der Waals surface area contributed by atoms with Crippen LogP contribution in [0.4, 0.5) is 0 Å². The number of aliphatic hydroxyl groups excluding tert-OH is 3. The molecule has 0 spiro atoms. The molecule has 0 bridgehead atoms. The van der Waals surface area contributed by atoms with Crippen LogP contribution in [0, 0.1) is 0 Å². The van der Waals surface area contributed by atoms with Crippen molar-refractivity contribution >= 4 is 35.5 Å². The van der Waals surface area contributed by atoms with E-state index in [1.807, 2.05) is 0 Å². The van der Waals surface area contributed by atoms with E-state index in [1.54, 1.807) is 20.8 Å². The van der Waals surface area contributed by atoms with Crippen LogP contribution in [0.5, 0.6) is 0 Å². The topological polar surface area (TPSA) is 179 Å². The van der Waals surface area contributed by atoms with Crippen molar-refractivity contribution in [1.29, 1.82) is 0 Å². The molecule has 3 atom stereocenters. The summed E-state index contributed by atoms with van der Waals surface area (Å²) < 4.78 is 11.3. The van der Waals surface area contributed by atoms with Gasteiger partial charge in [0.2, 0.25) is 0 Å². The summed E-state index contributed by atoms with van der Waals surface area (Å²) in [5.41, 5.74) is -2.60. The summed E-state index contributed by atoms with van der Waals surface area (Å²) in [4.78, 5) is 58.7. The number of aliphatic hydroxyl groups is 3. The molecule has 3 N–H and O–H groups in total. The molecular weight excluding hydrogens is 542 g/mol. The van der Waals surface area contributed by atoms with Crippen LogP contribution in [0.25, 0.3) is 0 Å². The molecule has 0 radical (unpaired) electrons. The lowest BCUT2D eigenvalue weighted by molar-refractivity contribution is -0.138. The van der Waals surface area contributed by atoms with Gasteiger partial charge in [-0.2, -0.15) is 0 Å². The van der Waals surface area contributed by atoms with Crippen molar-refractivity contribution in [2.24, 2.45) is 0 Å². The Hall–Kier alpha value is -2.07. The lowest BCUT2D eigenvalue weighted by atomic mass is 10.2. The van der Waals surface area contributed by atoms with E-state index in [0.717, 1.165) is 25.2 Å². The summed E-state index contributed by atoms with van der Waals surface area (Å²) in [6, 6.07) is 0. The minimum Gasteiger partial charge on any atom is -0.468 e. The summed E-state index contributed by atoms with van der Waals surface area (Å²) in [7, 11) is 2.74. The Morgan fingerprint density at radius 3 is 1.13 bits per heavy atom. The number of methoxy groups -OCH3 is 2. The zero-order chi connectivity index (χ0) is 29.3. The molecule has 0 aliphatic rings. The van der Waals surface area contributed by atoms with Gasteiger partial charge in [-0.3, -0.25) is 9.59 Å². The van der Waals surface area contributed by atoms with Crippen LogP contribution < -0.4 is 17.1 Å². The first-order valence-corrected chi connectivity index (χ1v) is 14.6. The molecular formula is C23H41N3O10S2. The van der Waals surface area contributed by atoms with Gasteiger partial charge in [0, 0.05) is 11.5 Å². The average Bonchev–Trinajstić information content (AvgIpc) is 2.92. The van der Waals surface area contributed by atoms with Crippen LogP contribution in [-0.2, 0) is 38.7 Å². The SMILES string of the molecule is CCC(O)Cn1c(=O)n(CC(O)CC)c(=O)n(CC(O)CC)c1=O.COC(=O)CSCCSCC(=O)OC. The quantitative estimate of drug-likeness (QED) is 0.165. The maximum atomic E-state index is 12.4. The summed E-state index contributed by atoms with van der Waals surface area (Å²) in [5.74, 6) is 1.97. The van der Waals surface area contributed by atoms with Crippen LogP contribution in [0.15, 0.2) is 14.4 Å². The van der Waals surface area contributed by atoms with E-state index in [0.29, 0.717) is 30.8 Å². The molecule has 0 fully saturated rings. The van der Waals surface area contributed by atoms with E-state index in [2.05, 4.69) is 9.47 Å². The molecule has 220 valence electrons. The predicted molar refractivity (Wildman–Crippen MR) is 147 cm³/mol. The largest absolute Gasteiger partial charge is 0.468 e. The van der Waals surface area contributed by atoms with Gasteiger partial charge in [-0.15, -0.1) is 23.5 Å². The first-order chi connectivity index (χ1) is 18.0. The van der Waals surface area contributed by atoms with E-state index >= 15 is 0 Å². The second-order valence-electron chi connectivity index (χ2n) is 8.12. The maximum absolute atomic E-state index is 12.4. The fourth-order valence-electron chi connectivity index (χ4n) is 2.72. The van der Waals surface area contributed by atoms with Crippen LogP contribution in [-0.4, -0.2) is 96.5 Å². The van der Waals surface area contributed by atoms with Crippen molar-refractivity contribution in [3.8, 4) is 0 Å². The highest BCUT2D eigenvalue weighted by Crippen LogP contribution is 2.07. The Morgan fingerprint density at radius 2 is 0.921 bits per heavy atom. The number of ether oxygens (including phenoxy) is 2. The van der Waals surface area contributed by atoms with Gasteiger partial charge in [0.05, 0.1) is 63.7 Å². The van der Waals surface area contributed by atoms with Gasteiger partial charge in [-0.25, -0.2) is 28.1 Å². The molecule has 0 aliphatic carbocycles. The van der Waals surface area contributed by atoms with Gasteiger partial charge in [0.15, 0.2) is 0 Å². The number of hydrogen-bond donors (Lipinski definition) is 3. The van der Waals surface area contributed by atoms with Crippen LogP contribution >= 0.6 is 23.5 Å². The Bertz CT molecular complexity index is 879. The van der Waals surface area contributed by atoms with Crippen molar-refractivity contribution in [3.63, 3.8) is 0 Å². The molecule has 0 saturated carbocycles. The highest BCUT2D eigenvalue weighted by Gasteiger charge is 2.20. The first-order valence-electron chi connectivity index (χ1n) is 12.2. The third-order valence-electron chi connectivity index (χ3n) is 5.25. The summed E-state index contributed by atoms with van der Waals surface area (Å²) in [6.07, 6.45) is -1.74. The fraction of sp³-hybridized carbons (Fsp3) is 0.783. The fourth-order valence-corrected chi connectivity index (χ4v) is 4.52. The number of nitrogens with zero attached hydrogens (tertiary/aromatic N) is 3. The Balaban J connectivity index is 0.000000835. The first kappa shape index (κ1) is 35.9. The Labute approximate surface area is 230 Å². The molecule has 0 saturated heterocycles. The molecule has 15 heteroatoms. The van der Waals surface area contributed by atoms with E-state index < -0.39 is 35.4 Å². The van der Waals surface area contributed by atoms with Gasteiger partial charge in [-0.05, 0) is 19.3 Å². The normalized spacial score (nSPS) is 13.2. The van der Waals surface area contributed by atoms with Gasteiger partial charge < -0.3 is 24.8 Å². The lowest BCUT2D eigenvalue weighted by Crippen LogP contribution is -2.57. The zero-order valence-electron chi connectivity index (χ0n) is 22.7. The second kappa shape index (κ2) is 19.9. The highest BCUT2D eigenvalue weighted by atomic mass is 32.2. The molecule has 38 heavy (non-hydrogen) atoms. The molecule has 1 aromatic heterocycles. The maximum Gasteiger partial charge on any atom is 0.336 e. The predicted octanol–water partition coefficient (Wildman–Crippen LogP) is -0.717. The molecule has 0 amide bonds. The summed E-state index contributed by atoms with van der Waals surface area (Å²) in [6.45, 7) is 4.35. The monoisotopic (exact) mass is 583 g/mol. The number of esters is 2. The minimum atomic E-state index is -0.915. The molecule has 1 heterocycles. The van der Waals surface area contributed by atoms with E-state index in [-0.39, 0.29) is 31.6 Å². The summed E-state index contributed by atoms with van der Waals surface area (Å²) >= 11 is 3.00. The van der Waals surface area contributed by atoms with Crippen LogP contribution in [0.2, 0.25) is 0 Å². The van der Waals surface area contributed by atoms with Gasteiger partial charge in [0.25, 0.3) is 0 Å². The van der Waals surface area contributed by atoms with E-state index in [9.17, 15) is 39.3 Å². The van der Waals surface area contributed by atoms with Crippen molar-refractivity contribution in [1.82, 2.24) is 13.7 Å². The van der Waals surface area contributed by atoms with Crippen LogP contribution in [0.3, 0.4) is 0 Å². The number of hydrogen-bond acceptors (Lipinski definition) is 12. The number of aromatic nitrogens is 3. The molecule has 1 rings (SSSR count). The molecule has 1 aromatic rings. The average molecular weight is 584 g/mol. The second-order valence-corrected chi connectivity index (χ2v) is 10.3. The number of thioether (sulfide) groups is 2. The third kappa shape index (κ3) is 13.1. The van der Waals surface area contributed by atoms with Gasteiger partial charge in [0.1, 0.15) is 0 Å². The molecule has 3 unspecified atom stereocenters. The van der Waals surface area contributed by atoms with Crippen molar-refractivity contribution in [2.45, 2.75) is 78.0 Å². The summed E-state index contributed by atoms with van der Waals surface area (Å²) in [5, 5.41) is 29.3. The molecule has 13 nitrogen and oxygen atoms in total.